The van der Waals surface area contributed by atoms with Gasteiger partial charge in [-0.25, -0.2) is 4.39 Å². The van der Waals surface area contributed by atoms with E-state index in [1.54, 1.807) is 24.3 Å². The van der Waals surface area contributed by atoms with Crippen LogP contribution in [-0.4, -0.2) is 11.7 Å². The van der Waals surface area contributed by atoms with Gasteiger partial charge in [0, 0.05) is 21.6 Å². The summed E-state index contributed by atoms with van der Waals surface area (Å²) in [5.74, 6) is -1.49. The van der Waals surface area contributed by atoms with Gasteiger partial charge in [0.2, 0.25) is 5.91 Å². The molecule has 0 fully saturated rings. The van der Waals surface area contributed by atoms with E-state index in [1.165, 1.54) is 18.2 Å². The Labute approximate surface area is 157 Å². The standard InChI is InChI=1S/C20H10FN3O2S/c21-9-5-6-14-12(7-9)20(13(8-22)18(23)27-14)15-16(24-19(20)26)10-3-1-2-4-11(10)17(15)25/h1-7H,23H2,(H,24,26). The summed E-state index contributed by atoms with van der Waals surface area (Å²) in [5.41, 5.74) is 6.11. The van der Waals surface area contributed by atoms with Crippen LogP contribution in [0.25, 0.3) is 5.70 Å². The van der Waals surface area contributed by atoms with Gasteiger partial charge in [-0.1, -0.05) is 36.0 Å². The van der Waals surface area contributed by atoms with Gasteiger partial charge in [-0.05, 0) is 23.8 Å². The number of nitriles is 1. The number of hydrogen-bond acceptors (Lipinski definition) is 5. The number of carbonyl (C=O) groups excluding carboxylic acids is 2. The summed E-state index contributed by atoms with van der Waals surface area (Å²) in [7, 11) is 0. The van der Waals surface area contributed by atoms with E-state index in [0.29, 0.717) is 21.7 Å². The van der Waals surface area contributed by atoms with Crippen LogP contribution in [0.4, 0.5) is 4.39 Å². The van der Waals surface area contributed by atoms with Crippen molar-refractivity contribution >= 4 is 29.1 Å². The minimum atomic E-state index is -1.74. The third-order valence-electron chi connectivity index (χ3n) is 5.17. The fraction of sp³-hybridized carbons (Fsp3) is 0.0500. The van der Waals surface area contributed by atoms with Crippen molar-refractivity contribution in [2.24, 2.45) is 5.73 Å². The summed E-state index contributed by atoms with van der Waals surface area (Å²) in [6, 6.07) is 12.9. The summed E-state index contributed by atoms with van der Waals surface area (Å²) in [6.07, 6.45) is 0. The number of rotatable bonds is 0. The van der Waals surface area contributed by atoms with E-state index in [1.807, 2.05) is 6.07 Å². The number of hydrogen-bond donors (Lipinski definition) is 2. The Morgan fingerprint density at radius 3 is 2.63 bits per heavy atom. The molecule has 0 saturated carbocycles. The Morgan fingerprint density at radius 2 is 1.89 bits per heavy atom. The molecule has 3 aliphatic rings. The molecule has 5 nitrogen and oxygen atoms in total. The number of nitrogens with one attached hydrogen (secondary N) is 1. The first-order valence-corrected chi connectivity index (χ1v) is 8.90. The van der Waals surface area contributed by atoms with Crippen LogP contribution in [0.2, 0.25) is 0 Å². The summed E-state index contributed by atoms with van der Waals surface area (Å²) in [6.45, 7) is 0. The predicted molar refractivity (Wildman–Crippen MR) is 96.6 cm³/mol. The van der Waals surface area contributed by atoms with E-state index < -0.39 is 17.1 Å². The lowest BCUT2D eigenvalue weighted by atomic mass is 9.68. The molecule has 2 aliphatic heterocycles. The Balaban J connectivity index is 1.92. The fourth-order valence-corrected chi connectivity index (χ4v) is 5.09. The Bertz CT molecular complexity index is 1210. The van der Waals surface area contributed by atoms with Crippen molar-refractivity contribution in [3.8, 4) is 6.07 Å². The van der Waals surface area contributed by atoms with Gasteiger partial charge in [-0.2, -0.15) is 5.26 Å². The van der Waals surface area contributed by atoms with Crippen molar-refractivity contribution in [2.45, 2.75) is 10.3 Å². The Hall–Kier alpha value is -3.37. The number of benzene rings is 2. The molecule has 1 aliphatic carbocycles. The molecule has 7 heteroatoms. The number of carbonyl (C=O) groups is 2. The van der Waals surface area contributed by atoms with Crippen molar-refractivity contribution in [3.05, 3.63) is 81.1 Å². The van der Waals surface area contributed by atoms with Gasteiger partial charge < -0.3 is 11.1 Å². The molecule has 1 unspecified atom stereocenters. The summed E-state index contributed by atoms with van der Waals surface area (Å²) in [5, 5.41) is 12.7. The maximum atomic E-state index is 14.1. The second kappa shape index (κ2) is 5.09. The number of halogens is 1. The molecule has 0 radical (unpaired) electrons. The first kappa shape index (κ1) is 15.9. The van der Waals surface area contributed by atoms with Crippen molar-refractivity contribution < 1.29 is 14.0 Å². The molecular formula is C20H10FN3O2S. The molecule has 0 bridgehead atoms. The SMILES string of the molecule is N#CC1=C(N)Sc2ccc(F)cc2C12C(=O)NC1=C2C(=O)c2ccccc21. The van der Waals surface area contributed by atoms with Gasteiger partial charge in [-0.3, -0.25) is 9.59 Å². The minimum absolute atomic E-state index is 0.0470. The molecule has 3 N–H and O–H groups in total. The molecule has 1 amide bonds. The highest BCUT2D eigenvalue weighted by Crippen LogP contribution is 2.57. The maximum absolute atomic E-state index is 14.1. The molecule has 2 aromatic carbocycles. The third-order valence-corrected chi connectivity index (χ3v) is 6.17. The molecule has 130 valence electrons. The van der Waals surface area contributed by atoms with Gasteiger partial charge >= 0.3 is 0 Å². The van der Waals surface area contributed by atoms with E-state index in [0.717, 1.165) is 11.8 Å². The zero-order chi connectivity index (χ0) is 18.9. The van der Waals surface area contributed by atoms with Gasteiger partial charge in [0.15, 0.2) is 5.78 Å². The van der Waals surface area contributed by atoms with Crippen LogP contribution in [-0.2, 0) is 10.2 Å². The van der Waals surface area contributed by atoms with Crippen LogP contribution in [0.5, 0.6) is 0 Å². The molecule has 0 aromatic heterocycles. The third kappa shape index (κ3) is 1.73. The Morgan fingerprint density at radius 1 is 1.15 bits per heavy atom. The molecule has 2 heterocycles. The zero-order valence-corrected chi connectivity index (χ0v) is 14.5. The maximum Gasteiger partial charge on any atom is 0.245 e. The van der Waals surface area contributed by atoms with Gasteiger partial charge in [0.25, 0.3) is 0 Å². The average Bonchev–Trinajstić information content (AvgIpc) is 3.10. The van der Waals surface area contributed by atoms with E-state index in [9.17, 15) is 19.2 Å². The van der Waals surface area contributed by atoms with Crippen molar-refractivity contribution in [1.29, 1.82) is 5.26 Å². The van der Waals surface area contributed by atoms with Crippen molar-refractivity contribution in [1.82, 2.24) is 5.32 Å². The summed E-state index contributed by atoms with van der Waals surface area (Å²) < 4.78 is 14.1. The van der Waals surface area contributed by atoms with Crippen LogP contribution in [0.3, 0.4) is 0 Å². The first-order valence-electron chi connectivity index (χ1n) is 8.08. The number of amides is 1. The lowest BCUT2D eigenvalue weighted by molar-refractivity contribution is -0.122. The number of fused-ring (bicyclic) bond motifs is 5. The highest BCUT2D eigenvalue weighted by molar-refractivity contribution is 8.03. The molecule has 27 heavy (non-hydrogen) atoms. The van der Waals surface area contributed by atoms with Crippen LogP contribution >= 0.6 is 11.8 Å². The lowest BCUT2D eigenvalue weighted by Crippen LogP contribution is -2.45. The monoisotopic (exact) mass is 375 g/mol. The summed E-state index contributed by atoms with van der Waals surface area (Å²) in [4.78, 5) is 27.0. The lowest BCUT2D eigenvalue weighted by Gasteiger charge is -2.34. The molecule has 2 aromatic rings. The highest BCUT2D eigenvalue weighted by Gasteiger charge is 2.61. The number of thioether (sulfide) groups is 1. The van der Waals surface area contributed by atoms with E-state index in [4.69, 9.17) is 5.73 Å². The quantitative estimate of drug-likeness (QED) is 0.738. The van der Waals surface area contributed by atoms with Crippen molar-refractivity contribution in [2.75, 3.05) is 0 Å². The number of Topliss-reactive ketones (excluding diaryl/α,β-unsaturated/α-hetero) is 1. The molecule has 1 spiro atoms. The van der Waals surface area contributed by atoms with E-state index >= 15 is 0 Å². The molecule has 5 rings (SSSR count). The van der Waals surface area contributed by atoms with Crippen LogP contribution in [0, 0.1) is 17.1 Å². The van der Waals surface area contributed by atoms with Crippen LogP contribution in [0.15, 0.2) is 63.5 Å². The molecular weight excluding hydrogens is 365 g/mol. The number of nitrogens with two attached hydrogens (primary N) is 1. The van der Waals surface area contributed by atoms with Gasteiger partial charge in [0.1, 0.15) is 11.2 Å². The normalized spacial score (nSPS) is 22.5. The molecule has 1 atom stereocenters. The van der Waals surface area contributed by atoms with Crippen LogP contribution < -0.4 is 11.1 Å². The highest BCUT2D eigenvalue weighted by atomic mass is 32.2. The van der Waals surface area contributed by atoms with Gasteiger partial charge in [0.05, 0.1) is 22.4 Å². The molecule has 0 saturated heterocycles. The second-order valence-corrected chi connectivity index (χ2v) is 7.51. The average molecular weight is 375 g/mol. The topological polar surface area (TPSA) is 96.0 Å². The first-order chi connectivity index (χ1) is 13.0. The Kier molecular flexibility index (Phi) is 2.99. The zero-order valence-electron chi connectivity index (χ0n) is 13.7. The largest absolute Gasteiger partial charge is 0.392 e. The minimum Gasteiger partial charge on any atom is -0.392 e. The number of nitrogens with zero attached hydrogens (tertiary/aromatic N) is 1. The summed E-state index contributed by atoms with van der Waals surface area (Å²) >= 11 is 1.09. The second-order valence-electron chi connectivity index (χ2n) is 6.42. The van der Waals surface area contributed by atoms with Gasteiger partial charge in [-0.15, -0.1) is 0 Å². The predicted octanol–water partition coefficient (Wildman–Crippen LogP) is 2.60. The smallest absolute Gasteiger partial charge is 0.245 e. The van der Waals surface area contributed by atoms with E-state index in [-0.39, 0.29) is 27.5 Å². The van der Waals surface area contributed by atoms with Crippen molar-refractivity contribution in [3.63, 3.8) is 0 Å². The fourth-order valence-electron chi connectivity index (χ4n) is 4.10. The van der Waals surface area contributed by atoms with E-state index in [2.05, 4.69) is 5.32 Å². The van der Waals surface area contributed by atoms with Crippen LogP contribution in [0.1, 0.15) is 21.5 Å². The number of ketones is 1.